The average Bonchev–Trinajstić information content (AvgIpc) is 2.87. The van der Waals surface area contributed by atoms with Gasteiger partial charge in [0.05, 0.1) is 0 Å². The molecular formula is C17H23NS2. The van der Waals surface area contributed by atoms with E-state index in [4.69, 9.17) is 0 Å². The van der Waals surface area contributed by atoms with Gasteiger partial charge in [-0.3, -0.25) is 0 Å². The fourth-order valence-corrected chi connectivity index (χ4v) is 3.90. The van der Waals surface area contributed by atoms with E-state index in [0.29, 0.717) is 6.04 Å². The molecule has 1 N–H and O–H groups in total. The molecule has 3 heteroatoms. The molecule has 2 aromatic rings. The minimum Gasteiger partial charge on any atom is -0.309 e. The summed E-state index contributed by atoms with van der Waals surface area (Å²) >= 11 is 3.78. The zero-order chi connectivity index (χ0) is 14.4. The third-order valence-electron chi connectivity index (χ3n) is 3.35. The highest BCUT2D eigenvalue weighted by molar-refractivity contribution is 7.99. The van der Waals surface area contributed by atoms with Crippen LogP contribution in [0.5, 0.6) is 0 Å². The minimum atomic E-state index is 0.451. The van der Waals surface area contributed by atoms with Crippen LogP contribution in [0.15, 0.2) is 40.6 Å². The van der Waals surface area contributed by atoms with Crippen LogP contribution in [0.2, 0.25) is 0 Å². The van der Waals surface area contributed by atoms with Crippen LogP contribution in [0.1, 0.15) is 35.4 Å². The molecule has 1 heterocycles. The van der Waals surface area contributed by atoms with Gasteiger partial charge in [-0.25, -0.2) is 0 Å². The molecule has 20 heavy (non-hydrogen) atoms. The molecule has 0 bridgehead atoms. The van der Waals surface area contributed by atoms with Gasteiger partial charge in [-0.1, -0.05) is 24.6 Å². The Balaban J connectivity index is 2.01. The number of thioether (sulfide) groups is 1. The van der Waals surface area contributed by atoms with E-state index in [1.165, 1.54) is 27.3 Å². The topological polar surface area (TPSA) is 12.0 Å². The van der Waals surface area contributed by atoms with Gasteiger partial charge in [-0.05, 0) is 56.0 Å². The Morgan fingerprint density at radius 3 is 2.50 bits per heavy atom. The predicted octanol–water partition coefficient (Wildman–Crippen LogP) is 5.20. The SMILES string of the molecule is CCCNC(CSc1ccc(C)cc1)c1ccsc1C. The summed E-state index contributed by atoms with van der Waals surface area (Å²) in [6.07, 6.45) is 1.18. The molecule has 1 aromatic carbocycles. The molecule has 0 radical (unpaired) electrons. The molecule has 0 aliphatic carbocycles. The second-order valence-corrected chi connectivity index (χ2v) is 7.28. The van der Waals surface area contributed by atoms with E-state index in [1.54, 1.807) is 0 Å². The van der Waals surface area contributed by atoms with Crippen molar-refractivity contribution in [1.82, 2.24) is 5.32 Å². The summed E-state index contributed by atoms with van der Waals surface area (Å²) in [5.41, 5.74) is 2.78. The molecule has 0 saturated carbocycles. The Morgan fingerprint density at radius 2 is 1.90 bits per heavy atom. The summed E-state index contributed by atoms with van der Waals surface area (Å²) < 4.78 is 0. The summed E-state index contributed by atoms with van der Waals surface area (Å²) in [4.78, 5) is 2.79. The zero-order valence-corrected chi connectivity index (χ0v) is 14.1. The lowest BCUT2D eigenvalue weighted by Crippen LogP contribution is -2.24. The van der Waals surface area contributed by atoms with Crippen LogP contribution in [0.4, 0.5) is 0 Å². The largest absolute Gasteiger partial charge is 0.309 e. The van der Waals surface area contributed by atoms with Crippen molar-refractivity contribution < 1.29 is 0 Å². The van der Waals surface area contributed by atoms with Crippen LogP contribution in [0.25, 0.3) is 0 Å². The normalized spacial score (nSPS) is 12.6. The number of rotatable bonds is 7. The van der Waals surface area contributed by atoms with Gasteiger partial charge in [0.2, 0.25) is 0 Å². The van der Waals surface area contributed by atoms with Gasteiger partial charge in [0.25, 0.3) is 0 Å². The standard InChI is InChI=1S/C17H23NS2/c1-4-10-18-17(16-9-11-19-14(16)3)12-20-15-7-5-13(2)6-8-15/h5-9,11,17-18H,4,10,12H2,1-3H3. The smallest absolute Gasteiger partial charge is 0.0426 e. The maximum Gasteiger partial charge on any atom is 0.0426 e. The summed E-state index contributed by atoms with van der Waals surface area (Å²) in [5, 5.41) is 5.88. The molecular weight excluding hydrogens is 282 g/mol. The zero-order valence-electron chi connectivity index (χ0n) is 12.5. The highest BCUT2D eigenvalue weighted by Gasteiger charge is 2.14. The molecule has 108 valence electrons. The van der Waals surface area contributed by atoms with Gasteiger partial charge < -0.3 is 5.32 Å². The molecule has 1 nitrogen and oxygen atoms in total. The molecule has 0 amide bonds. The Kier molecular flexibility index (Phi) is 6.14. The van der Waals surface area contributed by atoms with Crippen molar-refractivity contribution in [2.24, 2.45) is 0 Å². The Labute approximate surface area is 130 Å². The van der Waals surface area contributed by atoms with Gasteiger partial charge in [0.1, 0.15) is 0 Å². The number of hydrogen-bond donors (Lipinski definition) is 1. The number of thiophene rings is 1. The van der Waals surface area contributed by atoms with E-state index in [9.17, 15) is 0 Å². The fraction of sp³-hybridized carbons (Fsp3) is 0.412. The first-order valence-electron chi connectivity index (χ1n) is 7.17. The molecule has 1 atom stereocenters. The average molecular weight is 306 g/mol. The predicted molar refractivity (Wildman–Crippen MR) is 92.0 cm³/mol. The molecule has 0 fully saturated rings. The molecule has 0 aliphatic rings. The van der Waals surface area contributed by atoms with Crippen LogP contribution in [0, 0.1) is 13.8 Å². The number of hydrogen-bond acceptors (Lipinski definition) is 3. The van der Waals surface area contributed by atoms with Gasteiger partial charge >= 0.3 is 0 Å². The fourth-order valence-electron chi connectivity index (χ4n) is 2.15. The van der Waals surface area contributed by atoms with Crippen LogP contribution in [0.3, 0.4) is 0 Å². The van der Waals surface area contributed by atoms with E-state index < -0.39 is 0 Å². The van der Waals surface area contributed by atoms with E-state index >= 15 is 0 Å². The van der Waals surface area contributed by atoms with Crippen molar-refractivity contribution >= 4 is 23.1 Å². The van der Waals surface area contributed by atoms with E-state index in [0.717, 1.165) is 12.3 Å². The van der Waals surface area contributed by atoms with E-state index in [1.807, 2.05) is 23.1 Å². The van der Waals surface area contributed by atoms with Gasteiger partial charge in [-0.15, -0.1) is 23.1 Å². The lowest BCUT2D eigenvalue weighted by Gasteiger charge is -2.18. The van der Waals surface area contributed by atoms with Crippen LogP contribution in [-0.2, 0) is 0 Å². The number of nitrogens with one attached hydrogen (secondary N) is 1. The van der Waals surface area contributed by atoms with Crippen LogP contribution in [-0.4, -0.2) is 12.3 Å². The maximum absolute atomic E-state index is 3.68. The quantitative estimate of drug-likeness (QED) is 0.706. The molecule has 1 aromatic heterocycles. The summed E-state index contributed by atoms with van der Waals surface area (Å²) in [6, 6.07) is 11.5. The van der Waals surface area contributed by atoms with Gasteiger partial charge in [0, 0.05) is 21.6 Å². The van der Waals surface area contributed by atoms with Crippen molar-refractivity contribution in [2.75, 3.05) is 12.3 Å². The molecule has 0 spiro atoms. The second kappa shape index (κ2) is 7.87. The van der Waals surface area contributed by atoms with Crippen molar-refractivity contribution in [3.8, 4) is 0 Å². The van der Waals surface area contributed by atoms with E-state index in [-0.39, 0.29) is 0 Å². The lowest BCUT2D eigenvalue weighted by atomic mass is 10.1. The third kappa shape index (κ3) is 4.37. The summed E-state index contributed by atoms with van der Waals surface area (Å²) in [5.74, 6) is 1.08. The minimum absolute atomic E-state index is 0.451. The highest BCUT2D eigenvalue weighted by atomic mass is 32.2. The summed E-state index contributed by atoms with van der Waals surface area (Å²) in [7, 11) is 0. The Morgan fingerprint density at radius 1 is 1.15 bits per heavy atom. The molecule has 2 rings (SSSR count). The van der Waals surface area contributed by atoms with Gasteiger partial charge in [0.15, 0.2) is 0 Å². The van der Waals surface area contributed by atoms with Crippen molar-refractivity contribution in [3.05, 3.63) is 51.7 Å². The Hall–Kier alpha value is -0.770. The first-order chi connectivity index (χ1) is 9.70. The first-order valence-corrected chi connectivity index (χ1v) is 9.04. The summed E-state index contributed by atoms with van der Waals surface area (Å²) in [6.45, 7) is 7.65. The highest BCUT2D eigenvalue weighted by Crippen LogP contribution is 2.29. The third-order valence-corrected chi connectivity index (χ3v) is 5.32. The van der Waals surface area contributed by atoms with Crippen molar-refractivity contribution in [3.63, 3.8) is 0 Å². The lowest BCUT2D eigenvalue weighted by molar-refractivity contribution is 0.577. The van der Waals surface area contributed by atoms with Gasteiger partial charge in [-0.2, -0.15) is 0 Å². The van der Waals surface area contributed by atoms with E-state index in [2.05, 4.69) is 61.8 Å². The number of benzene rings is 1. The van der Waals surface area contributed by atoms with Crippen LogP contribution >= 0.6 is 23.1 Å². The van der Waals surface area contributed by atoms with Crippen LogP contribution < -0.4 is 5.32 Å². The first kappa shape index (κ1) is 15.6. The maximum atomic E-state index is 3.68. The number of aryl methyl sites for hydroxylation is 2. The molecule has 0 saturated heterocycles. The van der Waals surface area contributed by atoms with Crippen molar-refractivity contribution in [2.45, 2.75) is 38.1 Å². The Bertz CT molecular complexity index is 516. The second-order valence-electron chi connectivity index (χ2n) is 5.06. The molecule has 0 aliphatic heterocycles. The molecule has 1 unspecified atom stereocenters. The van der Waals surface area contributed by atoms with Crippen molar-refractivity contribution in [1.29, 1.82) is 0 Å². The monoisotopic (exact) mass is 305 g/mol.